The Morgan fingerprint density at radius 2 is 2.16 bits per heavy atom. The Hall–Kier alpha value is -1.89. The molecule has 0 radical (unpaired) electrons. The smallest absolute Gasteiger partial charge is 0.320 e. The van der Waals surface area contributed by atoms with Crippen LogP contribution in [0.3, 0.4) is 0 Å². The Morgan fingerprint density at radius 1 is 1.47 bits per heavy atom. The molecule has 0 aliphatic heterocycles. The van der Waals surface area contributed by atoms with Gasteiger partial charge in [-0.2, -0.15) is 0 Å². The van der Waals surface area contributed by atoms with Gasteiger partial charge in [-0.25, -0.2) is 0 Å². The van der Waals surface area contributed by atoms with Crippen LogP contribution >= 0.6 is 0 Å². The molecular formula is C12H19N3O4. The van der Waals surface area contributed by atoms with Gasteiger partial charge in [0.1, 0.15) is 11.8 Å². The molecule has 106 valence electrons. The van der Waals surface area contributed by atoms with Crippen LogP contribution in [0.15, 0.2) is 10.6 Å². The van der Waals surface area contributed by atoms with Crippen molar-refractivity contribution in [2.45, 2.75) is 33.2 Å². The molecule has 0 aliphatic carbocycles. The van der Waals surface area contributed by atoms with E-state index >= 15 is 0 Å². The van der Waals surface area contributed by atoms with Crippen LogP contribution in [0.2, 0.25) is 0 Å². The molecule has 3 N–H and O–H groups in total. The molecule has 0 aliphatic rings. The highest BCUT2D eigenvalue weighted by molar-refractivity contribution is 5.91. The number of carboxylic acids is 1. The lowest BCUT2D eigenvalue weighted by Gasteiger charge is -2.15. The van der Waals surface area contributed by atoms with Crippen molar-refractivity contribution < 1.29 is 19.2 Å². The van der Waals surface area contributed by atoms with Gasteiger partial charge in [0.25, 0.3) is 0 Å². The number of aromatic nitrogens is 1. The van der Waals surface area contributed by atoms with Gasteiger partial charge in [0.2, 0.25) is 5.91 Å². The second-order valence-corrected chi connectivity index (χ2v) is 4.77. The van der Waals surface area contributed by atoms with Crippen molar-refractivity contribution in [1.82, 2.24) is 10.5 Å². The van der Waals surface area contributed by atoms with Gasteiger partial charge < -0.3 is 14.9 Å². The summed E-state index contributed by atoms with van der Waals surface area (Å²) in [6, 6.07) is 0.852. The van der Waals surface area contributed by atoms with E-state index in [1.807, 2.05) is 13.8 Å². The van der Waals surface area contributed by atoms with Gasteiger partial charge in [0.15, 0.2) is 5.82 Å². The summed E-state index contributed by atoms with van der Waals surface area (Å²) >= 11 is 0. The zero-order chi connectivity index (χ0) is 14.4. The lowest BCUT2D eigenvalue weighted by Crippen LogP contribution is -2.42. The third kappa shape index (κ3) is 5.52. The molecule has 1 aromatic heterocycles. The molecule has 0 aromatic carbocycles. The topological polar surface area (TPSA) is 104 Å². The number of aryl methyl sites for hydroxylation is 1. The quantitative estimate of drug-likeness (QED) is 0.682. The maximum Gasteiger partial charge on any atom is 0.320 e. The van der Waals surface area contributed by atoms with E-state index in [2.05, 4.69) is 15.8 Å². The van der Waals surface area contributed by atoms with Crippen molar-refractivity contribution in [3.05, 3.63) is 11.8 Å². The summed E-state index contributed by atoms with van der Waals surface area (Å²) in [5, 5.41) is 17.8. The van der Waals surface area contributed by atoms with Gasteiger partial charge in [-0.15, -0.1) is 0 Å². The summed E-state index contributed by atoms with van der Waals surface area (Å²) in [4.78, 5) is 22.6. The molecule has 0 saturated carbocycles. The van der Waals surface area contributed by atoms with E-state index < -0.39 is 12.0 Å². The monoisotopic (exact) mass is 269 g/mol. The lowest BCUT2D eigenvalue weighted by molar-refractivity contribution is -0.139. The molecule has 0 fully saturated rings. The summed E-state index contributed by atoms with van der Waals surface area (Å²) in [5.74, 6) is -0.177. The molecule has 19 heavy (non-hydrogen) atoms. The van der Waals surface area contributed by atoms with E-state index in [-0.39, 0.29) is 18.4 Å². The molecule has 0 spiro atoms. The molecule has 1 amide bonds. The molecular weight excluding hydrogens is 250 g/mol. The first-order chi connectivity index (χ1) is 8.88. The van der Waals surface area contributed by atoms with Crippen LogP contribution in [0.4, 0.5) is 5.82 Å². The summed E-state index contributed by atoms with van der Waals surface area (Å²) in [5.41, 5.74) is 0. The number of nitrogens with zero attached hydrogens (tertiary/aromatic N) is 1. The Balaban J connectivity index is 2.41. The number of carbonyl (C=O) groups excluding carboxylic acids is 1. The molecule has 1 unspecified atom stereocenters. The fourth-order valence-electron chi connectivity index (χ4n) is 1.57. The van der Waals surface area contributed by atoms with Crippen molar-refractivity contribution in [1.29, 1.82) is 0 Å². The van der Waals surface area contributed by atoms with Crippen LogP contribution in [-0.4, -0.2) is 34.7 Å². The van der Waals surface area contributed by atoms with E-state index in [4.69, 9.17) is 9.63 Å². The van der Waals surface area contributed by atoms with Crippen LogP contribution in [0.25, 0.3) is 0 Å². The van der Waals surface area contributed by atoms with Crippen LogP contribution in [0, 0.1) is 12.8 Å². The van der Waals surface area contributed by atoms with Gasteiger partial charge in [-0.3, -0.25) is 14.9 Å². The summed E-state index contributed by atoms with van der Waals surface area (Å²) in [6.45, 7) is 5.48. The van der Waals surface area contributed by atoms with Gasteiger partial charge in [0.05, 0.1) is 6.54 Å². The second-order valence-electron chi connectivity index (χ2n) is 4.77. The fraction of sp³-hybridized carbons (Fsp3) is 0.583. The summed E-state index contributed by atoms with van der Waals surface area (Å²) in [7, 11) is 0. The molecule has 0 bridgehead atoms. The maximum atomic E-state index is 11.6. The first-order valence-corrected chi connectivity index (χ1v) is 6.08. The maximum absolute atomic E-state index is 11.6. The minimum atomic E-state index is -0.959. The highest BCUT2D eigenvalue weighted by atomic mass is 16.5. The minimum absolute atomic E-state index is 0.0877. The number of carboxylic acid groups (broad SMARTS) is 1. The number of rotatable bonds is 7. The third-order valence-electron chi connectivity index (χ3n) is 2.41. The van der Waals surface area contributed by atoms with Crippen molar-refractivity contribution in [2.24, 2.45) is 5.92 Å². The minimum Gasteiger partial charge on any atom is -0.480 e. The Kier molecular flexibility index (Phi) is 5.50. The van der Waals surface area contributed by atoms with Gasteiger partial charge in [-0.05, 0) is 19.3 Å². The van der Waals surface area contributed by atoms with Crippen LogP contribution < -0.4 is 10.6 Å². The molecule has 0 saturated heterocycles. The zero-order valence-electron chi connectivity index (χ0n) is 11.3. The average molecular weight is 269 g/mol. The summed E-state index contributed by atoms with van der Waals surface area (Å²) < 4.78 is 4.80. The van der Waals surface area contributed by atoms with Crippen LogP contribution in [0.1, 0.15) is 26.0 Å². The SMILES string of the molecule is Cc1cc(NC(=O)CNC(CC(C)C)C(=O)O)no1. The number of nitrogens with one attached hydrogen (secondary N) is 2. The largest absolute Gasteiger partial charge is 0.480 e. The number of carbonyl (C=O) groups is 2. The number of amides is 1. The second kappa shape index (κ2) is 6.89. The Labute approximate surface area is 111 Å². The summed E-state index contributed by atoms with van der Waals surface area (Å²) in [6.07, 6.45) is 0.464. The number of anilines is 1. The first-order valence-electron chi connectivity index (χ1n) is 6.08. The third-order valence-corrected chi connectivity index (χ3v) is 2.41. The molecule has 7 heteroatoms. The Bertz CT molecular complexity index is 442. The van der Waals surface area contributed by atoms with Gasteiger partial charge in [-0.1, -0.05) is 19.0 Å². The number of aliphatic carboxylic acids is 1. The zero-order valence-corrected chi connectivity index (χ0v) is 11.3. The molecule has 1 atom stereocenters. The lowest BCUT2D eigenvalue weighted by atomic mass is 10.0. The normalized spacial score (nSPS) is 12.4. The van der Waals surface area contributed by atoms with Crippen LogP contribution in [0.5, 0.6) is 0 Å². The first kappa shape index (κ1) is 15.2. The standard InChI is InChI=1S/C12H19N3O4/c1-7(2)4-9(12(17)18)13-6-11(16)14-10-5-8(3)19-15-10/h5,7,9,13H,4,6H2,1-3H3,(H,17,18)(H,14,15,16). The predicted molar refractivity (Wildman–Crippen MR) is 68.8 cm³/mol. The highest BCUT2D eigenvalue weighted by Crippen LogP contribution is 2.07. The number of hydrogen-bond acceptors (Lipinski definition) is 5. The molecule has 1 heterocycles. The van der Waals surface area contributed by atoms with E-state index in [9.17, 15) is 9.59 Å². The highest BCUT2D eigenvalue weighted by Gasteiger charge is 2.19. The fourth-order valence-corrected chi connectivity index (χ4v) is 1.57. The molecule has 1 rings (SSSR count). The van der Waals surface area contributed by atoms with Crippen molar-refractivity contribution in [2.75, 3.05) is 11.9 Å². The van der Waals surface area contributed by atoms with Crippen molar-refractivity contribution in [3.63, 3.8) is 0 Å². The predicted octanol–water partition coefficient (Wildman–Crippen LogP) is 1.01. The van der Waals surface area contributed by atoms with E-state index in [0.717, 1.165) is 0 Å². The molecule has 1 aromatic rings. The van der Waals surface area contributed by atoms with Crippen molar-refractivity contribution >= 4 is 17.7 Å². The van der Waals surface area contributed by atoms with E-state index in [0.29, 0.717) is 18.0 Å². The Morgan fingerprint density at radius 3 is 2.63 bits per heavy atom. The number of hydrogen-bond donors (Lipinski definition) is 3. The van der Waals surface area contributed by atoms with Gasteiger partial charge >= 0.3 is 5.97 Å². The van der Waals surface area contributed by atoms with Crippen molar-refractivity contribution in [3.8, 4) is 0 Å². The average Bonchev–Trinajstić information content (AvgIpc) is 2.69. The molecule has 7 nitrogen and oxygen atoms in total. The van der Waals surface area contributed by atoms with Gasteiger partial charge in [0, 0.05) is 6.07 Å². The van der Waals surface area contributed by atoms with E-state index in [1.54, 1.807) is 13.0 Å². The van der Waals surface area contributed by atoms with E-state index in [1.165, 1.54) is 0 Å². The van der Waals surface area contributed by atoms with Crippen LogP contribution in [-0.2, 0) is 9.59 Å².